The maximum absolute atomic E-state index is 5.58. The van der Waals surface area contributed by atoms with Crippen molar-refractivity contribution in [2.45, 2.75) is 20.3 Å². The Morgan fingerprint density at radius 2 is 2.16 bits per heavy atom. The van der Waals surface area contributed by atoms with Gasteiger partial charge in [-0.15, -0.1) is 11.3 Å². The summed E-state index contributed by atoms with van der Waals surface area (Å²) in [5.41, 5.74) is 8.09. The van der Waals surface area contributed by atoms with Crippen LogP contribution in [0.3, 0.4) is 0 Å². The number of aryl methyl sites for hydroxylation is 2. The van der Waals surface area contributed by atoms with Gasteiger partial charge in [-0.3, -0.25) is 0 Å². The zero-order chi connectivity index (χ0) is 13.8. The number of hydrogen-bond donors (Lipinski definition) is 2. The predicted octanol–water partition coefficient (Wildman–Crippen LogP) is 1.84. The molecular weight excluding hydrogens is 278 g/mol. The lowest BCUT2D eigenvalue weighted by Crippen LogP contribution is -2.15. The molecule has 0 spiro atoms. The summed E-state index contributed by atoms with van der Waals surface area (Å²) < 4.78 is 0. The van der Waals surface area contributed by atoms with Crippen LogP contribution in [0.15, 0.2) is 11.4 Å². The third-order valence-electron chi connectivity index (χ3n) is 2.44. The number of nitrogens with two attached hydrogens (primary N) is 1. The maximum atomic E-state index is 5.58. The summed E-state index contributed by atoms with van der Waals surface area (Å²) in [6, 6.07) is 1.78. The molecule has 0 aromatic carbocycles. The van der Waals surface area contributed by atoms with Gasteiger partial charge in [0.15, 0.2) is 0 Å². The largest absolute Gasteiger partial charge is 0.388 e. The van der Waals surface area contributed by atoms with Gasteiger partial charge in [-0.05, 0) is 19.9 Å². The van der Waals surface area contributed by atoms with E-state index in [0.717, 1.165) is 29.4 Å². The van der Waals surface area contributed by atoms with Gasteiger partial charge in [0.1, 0.15) is 10.7 Å². The molecule has 3 N–H and O–H groups in total. The van der Waals surface area contributed by atoms with Crippen LogP contribution >= 0.6 is 23.6 Å². The van der Waals surface area contributed by atoms with Gasteiger partial charge in [0.2, 0.25) is 5.95 Å². The van der Waals surface area contributed by atoms with Crippen LogP contribution in [-0.4, -0.2) is 26.5 Å². The molecule has 2 rings (SSSR count). The van der Waals surface area contributed by atoms with Gasteiger partial charge < -0.3 is 11.1 Å². The van der Waals surface area contributed by atoms with Crippen molar-refractivity contribution in [1.82, 2.24) is 15.0 Å². The topological polar surface area (TPSA) is 76.7 Å². The van der Waals surface area contributed by atoms with E-state index < -0.39 is 0 Å². The summed E-state index contributed by atoms with van der Waals surface area (Å²) in [4.78, 5) is 13.2. The molecule has 7 heteroatoms. The first-order valence-corrected chi connectivity index (χ1v) is 7.14. The molecule has 2 heterocycles. The zero-order valence-corrected chi connectivity index (χ0v) is 12.4. The van der Waals surface area contributed by atoms with E-state index in [4.69, 9.17) is 18.0 Å². The predicted molar refractivity (Wildman–Crippen MR) is 81.7 cm³/mol. The first kappa shape index (κ1) is 13.8. The normalized spacial score (nSPS) is 10.4. The highest BCUT2D eigenvalue weighted by Crippen LogP contribution is 2.09. The van der Waals surface area contributed by atoms with Crippen molar-refractivity contribution in [3.8, 4) is 0 Å². The highest BCUT2D eigenvalue weighted by atomic mass is 32.1. The van der Waals surface area contributed by atoms with E-state index in [1.165, 1.54) is 0 Å². The van der Waals surface area contributed by atoms with Crippen molar-refractivity contribution >= 4 is 34.5 Å². The summed E-state index contributed by atoms with van der Waals surface area (Å²) >= 11 is 6.58. The van der Waals surface area contributed by atoms with Crippen molar-refractivity contribution in [1.29, 1.82) is 0 Å². The summed E-state index contributed by atoms with van der Waals surface area (Å²) in [7, 11) is 0. The van der Waals surface area contributed by atoms with Gasteiger partial charge in [0.05, 0.1) is 10.7 Å². The van der Waals surface area contributed by atoms with E-state index >= 15 is 0 Å². The second-order valence-electron chi connectivity index (χ2n) is 4.12. The van der Waals surface area contributed by atoms with E-state index in [1.807, 2.05) is 13.8 Å². The lowest BCUT2D eigenvalue weighted by molar-refractivity contribution is 0.940. The van der Waals surface area contributed by atoms with Crippen LogP contribution < -0.4 is 11.1 Å². The molecule has 0 saturated heterocycles. The van der Waals surface area contributed by atoms with E-state index in [1.54, 1.807) is 17.4 Å². The number of anilines is 1. The van der Waals surface area contributed by atoms with Crippen molar-refractivity contribution in [3.05, 3.63) is 33.5 Å². The maximum Gasteiger partial charge on any atom is 0.223 e. The molecule has 0 aliphatic heterocycles. The molecule has 0 aliphatic carbocycles. The van der Waals surface area contributed by atoms with E-state index in [9.17, 15) is 0 Å². The Morgan fingerprint density at radius 1 is 1.37 bits per heavy atom. The van der Waals surface area contributed by atoms with Gasteiger partial charge in [-0.25, -0.2) is 15.0 Å². The Balaban J connectivity index is 1.97. The van der Waals surface area contributed by atoms with Crippen molar-refractivity contribution in [2.24, 2.45) is 5.73 Å². The average molecular weight is 293 g/mol. The summed E-state index contributed by atoms with van der Waals surface area (Å²) in [6.45, 7) is 4.61. The fraction of sp³-hybridized carbons (Fsp3) is 0.333. The van der Waals surface area contributed by atoms with Crippen LogP contribution in [0.5, 0.6) is 0 Å². The second-order valence-corrected chi connectivity index (χ2v) is 5.62. The Labute approximate surface area is 121 Å². The Hall–Kier alpha value is -1.60. The van der Waals surface area contributed by atoms with Crippen molar-refractivity contribution < 1.29 is 0 Å². The molecular formula is C12H15N5S2. The van der Waals surface area contributed by atoms with Gasteiger partial charge in [-0.2, -0.15) is 0 Å². The van der Waals surface area contributed by atoms with Crippen LogP contribution in [-0.2, 0) is 6.42 Å². The monoisotopic (exact) mass is 293 g/mol. The van der Waals surface area contributed by atoms with Crippen LogP contribution in [0.2, 0.25) is 0 Å². The van der Waals surface area contributed by atoms with Gasteiger partial charge in [-0.1, -0.05) is 12.2 Å². The van der Waals surface area contributed by atoms with Crippen molar-refractivity contribution in [3.63, 3.8) is 0 Å². The van der Waals surface area contributed by atoms with Crippen LogP contribution in [0, 0.1) is 13.8 Å². The molecule has 2 aromatic rings. The Kier molecular flexibility index (Phi) is 4.39. The summed E-state index contributed by atoms with van der Waals surface area (Å²) in [5, 5.41) is 6.31. The van der Waals surface area contributed by atoms with Gasteiger partial charge >= 0.3 is 0 Å². The average Bonchev–Trinajstić information content (AvgIpc) is 2.74. The molecule has 0 amide bonds. The van der Waals surface area contributed by atoms with Gasteiger partial charge in [0, 0.05) is 24.0 Å². The molecule has 0 radical (unpaired) electrons. The molecule has 5 nitrogen and oxygen atoms in total. The molecule has 0 unspecified atom stereocenters. The molecule has 100 valence electrons. The number of nitrogens with one attached hydrogen (secondary N) is 1. The molecule has 0 atom stereocenters. The minimum Gasteiger partial charge on any atom is -0.388 e. The summed E-state index contributed by atoms with van der Waals surface area (Å²) in [5.74, 6) is 0.551. The quantitative estimate of drug-likeness (QED) is 0.819. The number of rotatable bonds is 5. The minimum atomic E-state index is 0.281. The highest BCUT2D eigenvalue weighted by molar-refractivity contribution is 7.80. The van der Waals surface area contributed by atoms with Crippen LogP contribution in [0.1, 0.15) is 22.1 Å². The molecule has 0 saturated carbocycles. The molecule has 19 heavy (non-hydrogen) atoms. The third-order valence-corrected chi connectivity index (χ3v) is 3.47. The number of thiocarbonyl (C=S) groups is 1. The molecule has 2 aromatic heterocycles. The number of nitrogens with zero attached hydrogens (tertiary/aromatic N) is 3. The zero-order valence-electron chi connectivity index (χ0n) is 10.8. The van der Waals surface area contributed by atoms with E-state index in [0.29, 0.717) is 11.6 Å². The number of thiazole rings is 1. The Morgan fingerprint density at radius 3 is 2.79 bits per heavy atom. The highest BCUT2D eigenvalue weighted by Gasteiger charge is 2.04. The molecule has 0 bridgehead atoms. The smallest absolute Gasteiger partial charge is 0.223 e. The molecule has 0 aliphatic rings. The van der Waals surface area contributed by atoms with Crippen LogP contribution in [0.25, 0.3) is 0 Å². The first-order valence-electron chi connectivity index (χ1n) is 5.85. The third kappa shape index (κ3) is 3.93. The fourth-order valence-corrected chi connectivity index (χ4v) is 2.35. The van der Waals surface area contributed by atoms with E-state index in [-0.39, 0.29) is 4.99 Å². The van der Waals surface area contributed by atoms with Crippen molar-refractivity contribution in [2.75, 3.05) is 11.9 Å². The first-order chi connectivity index (χ1) is 9.04. The minimum absolute atomic E-state index is 0.281. The van der Waals surface area contributed by atoms with Gasteiger partial charge in [0.25, 0.3) is 0 Å². The number of hydrogen-bond acceptors (Lipinski definition) is 6. The second kappa shape index (κ2) is 6.03. The van der Waals surface area contributed by atoms with E-state index in [2.05, 4.69) is 25.6 Å². The fourth-order valence-electron chi connectivity index (χ4n) is 1.60. The number of aromatic nitrogens is 3. The lowest BCUT2D eigenvalue weighted by Gasteiger charge is -2.06. The lowest BCUT2D eigenvalue weighted by atomic mass is 10.3. The van der Waals surface area contributed by atoms with Crippen LogP contribution in [0.4, 0.5) is 5.95 Å². The SMILES string of the molecule is Cc1cc(C(N)=S)nc(NCCc2csc(C)n2)n1. The molecule has 0 fully saturated rings. The summed E-state index contributed by atoms with van der Waals surface area (Å²) in [6.07, 6.45) is 0.837. The standard InChI is InChI=1S/C12H15N5S2/c1-7-5-10(11(13)18)17-12(15-7)14-4-3-9-6-19-8(2)16-9/h5-6H,3-4H2,1-2H3,(H2,13,18)(H,14,15,17). The Bertz CT molecular complexity index is 594.